The number of carbonyl (C=O) groups is 3. The maximum Gasteiger partial charge on any atom is 0.336 e. The molecule has 0 atom stereocenters. The summed E-state index contributed by atoms with van der Waals surface area (Å²) in [5.41, 5.74) is 1.46. The molecule has 1 aliphatic heterocycles. The van der Waals surface area contributed by atoms with Crippen LogP contribution in [-0.4, -0.2) is 59.7 Å². The van der Waals surface area contributed by atoms with E-state index in [0.717, 1.165) is 10.6 Å². The van der Waals surface area contributed by atoms with Gasteiger partial charge in [0.1, 0.15) is 5.82 Å². The molecule has 4 rings (SSSR count). The van der Waals surface area contributed by atoms with Gasteiger partial charge in [0.05, 0.1) is 16.9 Å². The average Bonchev–Trinajstić information content (AvgIpc) is 2.88. The first-order valence-electron chi connectivity index (χ1n) is 11.1. The van der Waals surface area contributed by atoms with Crippen molar-refractivity contribution in [3.05, 3.63) is 89.7 Å². The molecular weight excluding hydrogens is 469 g/mol. The lowest BCUT2D eigenvalue weighted by Crippen LogP contribution is -2.49. The van der Waals surface area contributed by atoms with Crippen LogP contribution in [0.25, 0.3) is 0 Å². The van der Waals surface area contributed by atoms with Crippen LogP contribution in [0.1, 0.15) is 20.7 Å². The van der Waals surface area contributed by atoms with E-state index in [4.69, 9.17) is 0 Å². The number of amides is 2. The van der Waals surface area contributed by atoms with Crippen molar-refractivity contribution in [1.29, 1.82) is 0 Å². The lowest BCUT2D eigenvalue weighted by atomic mass is 10.1. The number of benzene rings is 3. The highest BCUT2D eigenvalue weighted by molar-refractivity contribution is 8.00. The minimum Gasteiger partial charge on any atom is -0.478 e. The highest BCUT2D eigenvalue weighted by Gasteiger charge is 2.21. The van der Waals surface area contributed by atoms with Gasteiger partial charge in [0, 0.05) is 42.4 Å². The molecule has 0 bridgehead atoms. The third-order valence-electron chi connectivity index (χ3n) is 5.68. The number of carboxylic acids is 1. The maximum atomic E-state index is 13.1. The number of nitrogens with zero attached hydrogens (tertiary/aromatic N) is 2. The van der Waals surface area contributed by atoms with Crippen molar-refractivity contribution < 1.29 is 23.9 Å². The van der Waals surface area contributed by atoms with Crippen molar-refractivity contribution in [2.45, 2.75) is 4.90 Å². The molecule has 0 aliphatic carbocycles. The van der Waals surface area contributed by atoms with E-state index in [9.17, 15) is 23.9 Å². The van der Waals surface area contributed by atoms with Gasteiger partial charge in [-0.25, -0.2) is 9.18 Å². The molecule has 2 N–H and O–H groups in total. The summed E-state index contributed by atoms with van der Waals surface area (Å²) in [7, 11) is 0. The van der Waals surface area contributed by atoms with Crippen LogP contribution in [0.5, 0.6) is 0 Å². The molecule has 35 heavy (non-hydrogen) atoms. The molecule has 1 heterocycles. The minimum absolute atomic E-state index is 0.0265. The Morgan fingerprint density at radius 3 is 2.26 bits per heavy atom. The van der Waals surface area contributed by atoms with Crippen LogP contribution in [0.2, 0.25) is 0 Å². The van der Waals surface area contributed by atoms with E-state index in [1.165, 1.54) is 36.0 Å². The molecular formula is C26H24FN3O4S. The number of rotatable bonds is 7. The second kappa shape index (κ2) is 11.1. The predicted octanol–water partition coefficient (Wildman–Crippen LogP) is 4.22. The van der Waals surface area contributed by atoms with Crippen LogP contribution in [0.3, 0.4) is 0 Å². The van der Waals surface area contributed by atoms with Gasteiger partial charge in [0.2, 0.25) is 5.91 Å². The fourth-order valence-electron chi connectivity index (χ4n) is 3.83. The second-order valence-electron chi connectivity index (χ2n) is 7.97. The SMILES string of the molecule is O=C(O)c1ccccc1C(=O)Nc1cccc(SCC(=O)N2CCN(c3ccc(F)cc3)CC2)c1. The van der Waals surface area contributed by atoms with Crippen LogP contribution >= 0.6 is 11.8 Å². The largest absolute Gasteiger partial charge is 0.478 e. The van der Waals surface area contributed by atoms with Gasteiger partial charge in [-0.05, 0) is 54.6 Å². The normalized spacial score (nSPS) is 13.4. The lowest BCUT2D eigenvalue weighted by Gasteiger charge is -2.36. The highest BCUT2D eigenvalue weighted by atomic mass is 32.2. The Bertz CT molecular complexity index is 1230. The summed E-state index contributed by atoms with van der Waals surface area (Å²) < 4.78 is 13.1. The van der Waals surface area contributed by atoms with E-state index in [0.29, 0.717) is 31.9 Å². The van der Waals surface area contributed by atoms with E-state index < -0.39 is 11.9 Å². The number of aromatic carboxylic acids is 1. The highest BCUT2D eigenvalue weighted by Crippen LogP contribution is 2.24. The van der Waals surface area contributed by atoms with E-state index in [1.54, 1.807) is 42.5 Å². The Labute approximate surface area is 206 Å². The third kappa shape index (κ3) is 6.19. The fourth-order valence-corrected chi connectivity index (χ4v) is 4.69. The van der Waals surface area contributed by atoms with Crippen molar-refractivity contribution >= 4 is 40.9 Å². The molecule has 3 aromatic rings. The van der Waals surface area contributed by atoms with Gasteiger partial charge < -0.3 is 20.2 Å². The molecule has 0 spiro atoms. The smallest absolute Gasteiger partial charge is 0.336 e. The van der Waals surface area contributed by atoms with Gasteiger partial charge in [-0.15, -0.1) is 11.8 Å². The molecule has 180 valence electrons. The number of hydrogen-bond donors (Lipinski definition) is 2. The van der Waals surface area contributed by atoms with Crippen LogP contribution in [0.4, 0.5) is 15.8 Å². The number of anilines is 2. The van der Waals surface area contributed by atoms with Crippen molar-refractivity contribution in [3.63, 3.8) is 0 Å². The van der Waals surface area contributed by atoms with Gasteiger partial charge in [0.15, 0.2) is 0 Å². The van der Waals surface area contributed by atoms with Crippen molar-refractivity contribution in [2.24, 2.45) is 0 Å². The van der Waals surface area contributed by atoms with Crippen molar-refractivity contribution in [2.75, 3.05) is 42.1 Å². The van der Waals surface area contributed by atoms with Crippen molar-refractivity contribution in [1.82, 2.24) is 4.90 Å². The summed E-state index contributed by atoms with van der Waals surface area (Å²) in [6.07, 6.45) is 0. The zero-order valence-electron chi connectivity index (χ0n) is 18.8. The Balaban J connectivity index is 1.30. The first kappa shape index (κ1) is 24.3. The maximum absolute atomic E-state index is 13.1. The standard InChI is InChI=1S/C26H24FN3O4S/c27-18-8-10-20(11-9-18)29-12-14-30(15-13-29)24(31)17-35-21-5-3-4-19(16-21)28-25(32)22-6-1-2-7-23(22)26(33)34/h1-11,16H,12-15,17H2,(H,28,32)(H,33,34). The summed E-state index contributed by atoms with van der Waals surface area (Å²) in [6, 6.07) is 19.5. The minimum atomic E-state index is -1.17. The first-order valence-corrected chi connectivity index (χ1v) is 12.0. The molecule has 9 heteroatoms. The summed E-state index contributed by atoms with van der Waals surface area (Å²) >= 11 is 1.37. The van der Waals surface area contributed by atoms with Crippen LogP contribution in [0.15, 0.2) is 77.7 Å². The Kier molecular flexibility index (Phi) is 7.67. The molecule has 2 amide bonds. The molecule has 0 saturated carbocycles. The Hall–Kier alpha value is -3.85. The quantitative estimate of drug-likeness (QED) is 0.479. The van der Waals surface area contributed by atoms with Gasteiger partial charge in [0.25, 0.3) is 5.91 Å². The topological polar surface area (TPSA) is 89.9 Å². The number of nitrogens with one attached hydrogen (secondary N) is 1. The average molecular weight is 494 g/mol. The number of hydrogen-bond acceptors (Lipinski definition) is 5. The van der Waals surface area contributed by atoms with Crippen LogP contribution in [0, 0.1) is 5.82 Å². The summed E-state index contributed by atoms with van der Waals surface area (Å²) in [4.78, 5) is 41.5. The van der Waals surface area contributed by atoms with E-state index >= 15 is 0 Å². The molecule has 0 radical (unpaired) electrons. The van der Waals surface area contributed by atoms with Crippen molar-refractivity contribution in [3.8, 4) is 0 Å². The van der Waals surface area contributed by atoms with E-state index in [-0.39, 0.29) is 28.6 Å². The number of thioether (sulfide) groups is 1. The summed E-state index contributed by atoms with van der Waals surface area (Å²) in [5, 5.41) is 12.0. The third-order valence-corrected chi connectivity index (χ3v) is 6.66. The Morgan fingerprint density at radius 2 is 1.57 bits per heavy atom. The molecule has 1 saturated heterocycles. The Morgan fingerprint density at radius 1 is 0.886 bits per heavy atom. The van der Waals surface area contributed by atoms with E-state index in [2.05, 4.69) is 10.2 Å². The molecule has 0 unspecified atom stereocenters. The zero-order valence-corrected chi connectivity index (χ0v) is 19.6. The van der Waals surface area contributed by atoms with Gasteiger partial charge in [-0.3, -0.25) is 9.59 Å². The van der Waals surface area contributed by atoms with Gasteiger partial charge in [-0.2, -0.15) is 0 Å². The molecule has 7 nitrogen and oxygen atoms in total. The number of carboxylic acid groups (broad SMARTS) is 1. The van der Waals surface area contributed by atoms with E-state index in [1.807, 2.05) is 11.0 Å². The first-order chi connectivity index (χ1) is 16.9. The zero-order chi connectivity index (χ0) is 24.8. The fraction of sp³-hybridized carbons (Fsp3) is 0.192. The van der Waals surface area contributed by atoms with Gasteiger partial charge in [-0.1, -0.05) is 18.2 Å². The summed E-state index contributed by atoms with van der Waals surface area (Å²) in [5.74, 6) is -1.67. The monoisotopic (exact) mass is 493 g/mol. The van der Waals surface area contributed by atoms with Crippen LogP contribution in [-0.2, 0) is 4.79 Å². The molecule has 0 aromatic heterocycles. The second-order valence-corrected chi connectivity index (χ2v) is 9.01. The number of piperazine rings is 1. The van der Waals surface area contributed by atoms with Gasteiger partial charge >= 0.3 is 5.97 Å². The van der Waals surface area contributed by atoms with Crippen LogP contribution < -0.4 is 10.2 Å². The summed E-state index contributed by atoms with van der Waals surface area (Å²) in [6.45, 7) is 2.55. The number of halogens is 1. The lowest BCUT2D eigenvalue weighted by molar-refractivity contribution is -0.128. The molecule has 1 fully saturated rings. The molecule has 3 aromatic carbocycles. The molecule has 1 aliphatic rings. The predicted molar refractivity (Wildman–Crippen MR) is 134 cm³/mol. The number of carbonyl (C=O) groups excluding carboxylic acids is 2.